The van der Waals surface area contributed by atoms with Gasteiger partial charge in [-0.25, -0.2) is 13.6 Å². The predicted octanol–water partition coefficient (Wildman–Crippen LogP) is 3.34. The van der Waals surface area contributed by atoms with Gasteiger partial charge in [0.1, 0.15) is 17.4 Å². The van der Waals surface area contributed by atoms with Gasteiger partial charge in [0, 0.05) is 6.07 Å². The first-order chi connectivity index (χ1) is 8.99. The molecule has 2 aromatic rings. The summed E-state index contributed by atoms with van der Waals surface area (Å²) in [5.41, 5.74) is 0.605. The number of hydrogen-bond donors (Lipinski definition) is 1. The van der Waals surface area contributed by atoms with E-state index in [1.165, 1.54) is 25.3 Å². The third-order valence-corrected chi connectivity index (χ3v) is 2.59. The molecule has 0 heterocycles. The summed E-state index contributed by atoms with van der Waals surface area (Å²) in [7, 11) is 1.39. The van der Waals surface area contributed by atoms with E-state index in [4.69, 9.17) is 9.84 Å². The molecule has 0 aliphatic heterocycles. The Bertz CT molecular complexity index is 618. The van der Waals surface area contributed by atoms with Crippen LogP contribution in [0.25, 0.3) is 11.1 Å². The Balaban J connectivity index is 2.60. The van der Waals surface area contributed by atoms with E-state index in [0.717, 1.165) is 18.2 Å². The Morgan fingerprint density at radius 1 is 1.00 bits per heavy atom. The molecule has 0 spiro atoms. The lowest BCUT2D eigenvalue weighted by molar-refractivity contribution is 0.0696. The van der Waals surface area contributed by atoms with Gasteiger partial charge in [0.2, 0.25) is 0 Å². The molecule has 19 heavy (non-hydrogen) atoms. The van der Waals surface area contributed by atoms with Crippen molar-refractivity contribution in [2.75, 3.05) is 7.11 Å². The number of rotatable bonds is 3. The molecule has 0 aliphatic carbocycles. The molecule has 0 saturated heterocycles. The number of aromatic carboxylic acids is 1. The lowest BCUT2D eigenvalue weighted by Crippen LogP contribution is -1.98. The number of halogens is 2. The third kappa shape index (κ3) is 2.88. The number of carbonyl (C=O) groups is 1. The first kappa shape index (κ1) is 13.0. The molecular formula is C14H10F2O3. The zero-order chi connectivity index (χ0) is 14.0. The van der Waals surface area contributed by atoms with E-state index in [0.29, 0.717) is 11.3 Å². The summed E-state index contributed by atoms with van der Waals surface area (Å²) >= 11 is 0. The normalized spacial score (nSPS) is 10.3. The van der Waals surface area contributed by atoms with E-state index >= 15 is 0 Å². The van der Waals surface area contributed by atoms with Gasteiger partial charge in [0.25, 0.3) is 0 Å². The number of benzene rings is 2. The molecule has 0 saturated carbocycles. The van der Waals surface area contributed by atoms with Crippen molar-refractivity contribution in [2.24, 2.45) is 0 Å². The highest BCUT2D eigenvalue weighted by atomic mass is 19.1. The summed E-state index contributed by atoms with van der Waals surface area (Å²) < 4.78 is 31.3. The van der Waals surface area contributed by atoms with E-state index in [2.05, 4.69) is 0 Å². The highest BCUT2D eigenvalue weighted by Gasteiger charge is 2.10. The fourth-order valence-corrected chi connectivity index (χ4v) is 1.73. The maximum atomic E-state index is 13.2. The summed E-state index contributed by atoms with van der Waals surface area (Å²) in [5, 5.41) is 8.98. The lowest BCUT2D eigenvalue weighted by Gasteiger charge is -2.07. The molecule has 2 rings (SSSR count). The standard InChI is InChI=1S/C14H10F2O3/c1-19-13-5-8(2-10(6-13)14(17)18)9-3-11(15)7-12(16)4-9/h2-7H,1H3,(H,17,18). The Labute approximate surface area is 108 Å². The van der Waals surface area contributed by atoms with E-state index < -0.39 is 17.6 Å². The minimum absolute atomic E-state index is 0.0148. The maximum absolute atomic E-state index is 13.2. The molecule has 0 fully saturated rings. The van der Waals surface area contributed by atoms with Gasteiger partial charge >= 0.3 is 5.97 Å². The van der Waals surface area contributed by atoms with Crippen LogP contribution in [-0.4, -0.2) is 18.2 Å². The Hall–Kier alpha value is -2.43. The summed E-state index contributed by atoms with van der Waals surface area (Å²) in [6.45, 7) is 0. The minimum atomic E-state index is -1.14. The van der Waals surface area contributed by atoms with E-state index in [1.54, 1.807) is 0 Å². The molecule has 0 aliphatic rings. The minimum Gasteiger partial charge on any atom is -0.497 e. The number of hydrogen-bond acceptors (Lipinski definition) is 2. The van der Waals surface area contributed by atoms with Gasteiger partial charge in [-0.15, -0.1) is 0 Å². The number of ether oxygens (including phenoxy) is 1. The van der Waals surface area contributed by atoms with Crippen molar-refractivity contribution in [3.63, 3.8) is 0 Å². The van der Waals surface area contributed by atoms with Crippen LogP contribution in [0.1, 0.15) is 10.4 Å². The van der Waals surface area contributed by atoms with Crippen molar-refractivity contribution in [3.05, 3.63) is 53.6 Å². The fourth-order valence-electron chi connectivity index (χ4n) is 1.73. The number of methoxy groups -OCH3 is 1. The van der Waals surface area contributed by atoms with E-state index in [9.17, 15) is 13.6 Å². The van der Waals surface area contributed by atoms with Gasteiger partial charge in [-0.3, -0.25) is 0 Å². The second-order valence-corrected chi connectivity index (χ2v) is 3.91. The summed E-state index contributed by atoms with van der Waals surface area (Å²) in [4.78, 5) is 11.0. The molecule has 0 bridgehead atoms. The molecule has 0 amide bonds. The second-order valence-electron chi connectivity index (χ2n) is 3.91. The van der Waals surface area contributed by atoms with E-state index in [-0.39, 0.29) is 11.1 Å². The number of carboxylic acids is 1. The first-order valence-corrected chi connectivity index (χ1v) is 5.38. The van der Waals surface area contributed by atoms with Gasteiger partial charge in [-0.05, 0) is 41.5 Å². The second kappa shape index (κ2) is 5.06. The summed E-state index contributed by atoms with van der Waals surface area (Å²) in [5.74, 6) is -2.29. The lowest BCUT2D eigenvalue weighted by atomic mass is 10.0. The Kier molecular flexibility index (Phi) is 3.46. The van der Waals surface area contributed by atoms with Crippen LogP contribution in [0.15, 0.2) is 36.4 Å². The van der Waals surface area contributed by atoms with Crippen LogP contribution in [0.3, 0.4) is 0 Å². The number of carboxylic acid groups (broad SMARTS) is 1. The summed E-state index contributed by atoms with van der Waals surface area (Å²) in [6, 6.07) is 7.19. The summed E-state index contributed by atoms with van der Waals surface area (Å²) in [6.07, 6.45) is 0. The molecular weight excluding hydrogens is 254 g/mol. The highest BCUT2D eigenvalue weighted by Crippen LogP contribution is 2.27. The van der Waals surface area contributed by atoms with Crippen LogP contribution in [-0.2, 0) is 0 Å². The first-order valence-electron chi connectivity index (χ1n) is 5.38. The monoisotopic (exact) mass is 264 g/mol. The maximum Gasteiger partial charge on any atom is 0.335 e. The van der Waals surface area contributed by atoms with Crippen LogP contribution in [0.5, 0.6) is 5.75 Å². The molecule has 1 N–H and O–H groups in total. The average Bonchev–Trinajstić information content (AvgIpc) is 2.37. The SMILES string of the molecule is COc1cc(C(=O)O)cc(-c2cc(F)cc(F)c2)c1. The zero-order valence-corrected chi connectivity index (χ0v) is 9.98. The van der Waals surface area contributed by atoms with Gasteiger partial charge < -0.3 is 9.84 Å². The highest BCUT2D eigenvalue weighted by molar-refractivity contribution is 5.90. The van der Waals surface area contributed by atoms with Gasteiger partial charge in [0.05, 0.1) is 12.7 Å². The van der Waals surface area contributed by atoms with Crippen molar-refractivity contribution >= 4 is 5.97 Å². The van der Waals surface area contributed by atoms with Crippen LogP contribution in [0.4, 0.5) is 8.78 Å². The molecule has 0 unspecified atom stereocenters. The predicted molar refractivity (Wildman–Crippen MR) is 65.3 cm³/mol. The largest absolute Gasteiger partial charge is 0.497 e. The zero-order valence-electron chi connectivity index (χ0n) is 9.98. The third-order valence-electron chi connectivity index (χ3n) is 2.59. The van der Waals surface area contributed by atoms with Crippen molar-refractivity contribution in [1.29, 1.82) is 0 Å². The van der Waals surface area contributed by atoms with Crippen LogP contribution < -0.4 is 4.74 Å². The quantitative estimate of drug-likeness (QED) is 0.924. The molecule has 0 radical (unpaired) electrons. The van der Waals surface area contributed by atoms with Crippen molar-refractivity contribution in [3.8, 4) is 16.9 Å². The smallest absolute Gasteiger partial charge is 0.335 e. The Morgan fingerprint density at radius 2 is 1.58 bits per heavy atom. The van der Waals surface area contributed by atoms with Gasteiger partial charge in [-0.1, -0.05) is 0 Å². The molecule has 5 heteroatoms. The molecule has 3 nitrogen and oxygen atoms in total. The molecule has 2 aromatic carbocycles. The van der Waals surface area contributed by atoms with Crippen LogP contribution >= 0.6 is 0 Å². The van der Waals surface area contributed by atoms with Gasteiger partial charge in [-0.2, -0.15) is 0 Å². The van der Waals surface area contributed by atoms with Crippen molar-refractivity contribution in [2.45, 2.75) is 0 Å². The molecule has 0 atom stereocenters. The fraction of sp³-hybridized carbons (Fsp3) is 0.0714. The molecule has 98 valence electrons. The van der Waals surface area contributed by atoms with Gasteiger partial charge in [0.15, 0.2) is 0 Å². The van der Waals surface area contributed by atoms with E-state index in [1.807, 2.05) is 0 Å². The Morgan fingerprint density at radius 3 is 2.11 bits per heavy atom. The van der Waals surface area contributed by atoms with Crippen molar-refractivity contribution in [1.82, 2.24) is 0 Å². The van der Waals surface area contributed by atoms with Crippen molar-refractivity contribution < 1.29 is 23.4 Å². The molecule has 0 aromatic heterocycles. The van der Waals surface area contributed by atoms with Crippen LogP contribution in [0, 0.1) is 11.6 Å². The van der Waals surface area contributed by atoms with Crippen LogP contribution in [0.2, 0.25) is 0 Å². The topological polar surface area (TPSA) is 46.5 Å². The average molecular weight is 264 g/mol.